The van der Waals surface area contributed by atoms with Crippen LogP contribution in [0.3, 0.4) is 0 Å². The van der Waals surface area contributed by atoms with Crippen molar-refractivity contribution in [2.24, 2.45) is 11.7 Å². The number of hydrogen-bond acceptors (Lipinski definition) is 2. The van der Waals surface area contributed by atoms with Gasteiger partial charge in [0.05, 0.1) is 0 Å². The van der Waals surface area contributed by atoms with E-state index >= 15 is 0 Å². The van der Waals surface area contributed by atoms with E-state index in [0.29, 0.717) is 0 Å². The number of hydrogen-bond donors (Lipinski definition) is 1. The molecule has 2 heteroatoms. The SMILES string of the molecule is CN(CCCCCN)CC1CCC1. The molecule has 0 heterocycles. The molecular formula is C11H24N2. The maximum Gasteiger partial charge on any atom is 0.000661 e. The molecule has 0 saturated heterocycles. The van der Waals surface area contributed by atoms with E-state index in [1.54, 1.807) is 0 Å². The minimum Gasteiger partial charge on any atom is -0.330 e. The summed E-state index contributed by atoms with van der Waals surface area (Å²) in [6.07, 6.45) is 8.20. The topological polar surface area (TPSA) is 29.3 Å². The second-order valence-electron chi connectivity index (χ2n) is 4.41. The van der Waals surface area contributed by atoms with E-state index in [4.69, 9.17) is 5.73 Å². The first-order valence-corrected chi connectivity index (χ1v) is 5.71. The maximum absolute atomic E-state index is 5.44. The highest BCUT2D eigenvalue weighted by Gasteiger charge is 2.18. The molecule has 1 rings (SSSR count). The summed E-state index contributed by atoms with van der Waals surface area (Å²) in [6.45, 7) is 3.44. The van der Waals surface area contributed by atoms with Gasteiger partial charge in [-0.3, -0.25) is 0 Å². The molecule has 0 aromatic carbocycles. The van der Waals surface area contributed by atoms with Crippen LogP contribution >= 0.6 is 0 Å². The van der Waals surface area contributed by atoms with Crippen LogP contribution in [0.5, 0.6) is 0 Å². The Morgan fingerprint density at radius 2 is 2.00 bits per heavy atom. The molecule has 2 N–H and O–H groups in total. The molecule has 0 atom stereocenters. The average molecular weight is 184 g/mol. The van der Waals surface area contributed by atoms with E-state index in [-0.39, 0.29) is 0 Å². The molecule has 13 heavy (non-hydrogen) atoms. The molecule has 2 nitrogen and oxygen atoms in total. The van der Waals surface area contributed by atoms with Crippen molar-refractivity contribution < 1.29 is 0 Å². The van der Waals surface area contributed by atoms with Gasteiger partial charge in [-0.25, -0.2) is 0 Å². The normalized spacial score (nSPS) is 17.8. The first kappa shape index (κ1) is 11.0. The van der Waals surface area contributed by atoms with Crippen LogP contribution in [0.2, 0.25) is 0 Å². The van der Waals surface area contributed by atoms with Gasteiger partial charge in [0, 0.05) is 6.54 Å². The van der Waals surface area contributed by atoms with Gasteiger partial charge < -0.3 is 10.6 Å². The van der Waals surface area contributed by atoms with Gasteiger partial charge >= 0.3 is 0 Å². The van der Waals surface area contributed by atoms with Crippen LogP contribution in [-0.4, -0.2) is 31.6 Å². The van der Waals surface area contributed by atoms with Crippen molar-refractivity contribution in [3.8, 4) is 0 Å². The highest BCUT2D eigenvalue weighted by molar-refractivity contribution is 4.72. The Morgan fingerprint density at radius 1 is 1.23 bits per heavy atom. The Bertz CT molecular complexity index is 121. The summed E-state index contributed by atoms with van der Waals surface area (Å²) in [4.78, 5) is 2.49. The fourth-order valence-electron chi connectivity index (χ4n) is 1.91. The largest absolute Gasteiger partial charge is 0.330 e. The molecule has 1 aliphatic carbocycles. The summed E-state index contributed by atoms with van der Waals surface area (Å²) in [5, 5.41) is 0. The molecule has 0 bridgehead atoms. The van der Waals surface area contributed by atoms with Gasteiger partial charge in [0.2, 0.25) is 0 Å². The van der Waals surface area contributed by atoms with Crippen LogP contribution in [0, 0.1) is 5.92 Å². The molecule has 0 aromatic heterocycles. The summed E-state index contributed by atoms with van der Waals surface area (Å²) < 4.78 is 0. The van der Waals surface area contributed by atoms with Gasteiger partial charge in [-0.15, -0.1) is 0 Å². The molecular weight excluding hydrogens is 160 g/mol. The van der Waals surface area contributed by atoms with Crippen molar-refractivity contribution in [1.82, 2.24) is 4.90 Å². The Hall–Kier alpha value is -0.0800. The minimum atomic E-state index is 0.854. The van der Waals surface area contributed by atoms with Gasteiger partial charge in [0.1, 0.15) is 0 Å². The zero-order valence-electron chi connectivity index (χ0n) is 8.97. The van der Waals surface area contributed by atoms with Crippen LogP contribution < -0.4 is 5.73 Å². The van der Waals surface area contributed by atoms with Crippen molar-refractivity contribution in [1.29, 1.82) is 0 Å². The van der Waals surface area contributed by atoms with Gasteiger partial charge in [-0.1, -0.05) is 12.8 Å². The second-order valence-corrected chi connectivity index (χ2v) is 4.41. The standard InChI is InChI=1S/C11H24N2/c1-13(9-4-2-3-8-12)10-11-6-5-7-11/h11H,2-10,12H2,1H3. The summed E-state index contributed by atoms with van der Waals surface area (Å²) in [5.41, 5.74) is 5.44. The van der Waals surface area contributed by atoms with Crippen molar-refractivity contribution in [2.75, 3.05) is 26.7 Å². The Labute approximate surface area is 82.5 Å². The third kappa shape index (κ3) is 4.63. The zero-order chi connectivity index (χ0) is 9.52. The van der Waals surface area contributed by atoms with Gasteiger partial charge in [0.25, 0.3) is 0 Å². The van der Waals surface area contributed by atoms with E-state index in [2.05, 4.69) is 11.9 Å². The summed E-state index contributed by atoms with van der Waals surface area (Å²) >= 11 is 0. The highest BCUT2D eigenvalue weighted by Crippen LogP contribution is 2.26. The van der Waals surface area contributed by atoms with E-state index in [9.17, 15) is 0 Å². The summed E-state index contributed by atoms with van der Waals surface area (Å²) in [6, 6.07) is 0. The Balaban J connectivity index is 1.87. The molecule has 0 radical (unpaired) electrons. The number of rotatable bonds is 7. The van der Waals surface area contributed by atoms with Crippen LogP contribution in [-0.2, 0) is 0 Å². The minimum absolute atomic E-state index is 0.854. The van der Waals surface area contributed by atoms with Crippen LogP contribution in [0.25, 0.3) is 0 Å². The molecule has 1 fully saturated rings. The zero-order valence-corrected chi connectivity index (χ0v) is 8.97. The molecule has 0 unspecified atom stereocenters. The second kappa shape index (κ2) is 6.39. The molecule has 1 aliphatic rings. The van der Waals surface area contributed by atoms with E-state index < -0.39 is 0 Å². The predicted molar refractivity (Wildman–Crippen MR) is 57.7 cm³/mol. The average Bonchev–Trinajstić information content (AvgIpc) is 2.06. The smallest absolute Gasteiger partial charge is 0.000661 e. The lowest BCUT2D eigenvalue weighted by molar-refractivity contribution is 0.203. The molecule has 0 aliphatic heterocycles. The van der Waals surface area contributed by atoms with Crippen molar-refractivity contribution in [3.63, 3.8) is 0 Å². The van der Waals surface area contributed by atoms with Crippen molar-refractivity contribution in [3.05, 3.63) is 0 Å². The molecule has 78 valence electrons. The lowest BCUT2D eigenvalue weighted by Crippen LogP contribution is -2.30. The number of nitrogens with zero attached hydrogens (tertiary/aromatic N) is 1. The monoisotopic (exact) mass is 184 g/mol. The first-order chi connectivity index (χ1) is 6.33. The van der Waals surface area contributed by atoms with Crippen LogP contribution in [0.15, 0.2) is 0 Å². The molecule has 0 spiro atoms. The summed E-state index contributed by atoms with van der Waals surface area (Å²) in [7, 11) is 2.25. The van der Waals surface area contributed by atoms with Gasteiger partial charge in [-0.05, 0) is 51.7 Å². The summed E-state index contributed by atoms with van der Waals surface area (Å²) in [5.74, 6) is 1.01. The van der Waals surface area contributed by atoms with Crippen LogP contribution in [0.4, 0.5) is 0 Å². The molecule has 0 amide bonds. The Kier molecular flexibility index (Phi) is 5.40. The van der Waals surface area contributed by atoms with Crippen LogP contribution in [0.1, 0.15) is 38.5 Å². The third-order valence-electron chi connectivity index (χ3n) is 3.04. The first-order valence-electron chi connectivity index (χ1n) is 5.71. The fourth-order valence-corrected chi connectivity index (χ4v) is 1.91. The fraction of sp³-hybridized carbons (Fsp3) is 1.00. The molecule has 0 aromatic rings. The van der Waals surface area contributed by atoms with Crippen molar-refractivity contribution in [2.45, 2.75) is 38.5 Å². The number of unbranched alkanes of at least 4 members (excludes halogenated alkanes) is 2. The number of nitrogens with two attached hydrogens (primary N) is 1. The highest BCUT2D eigenvalue weighted by atomic mass is 15.1. The third-order valence-corrected chi connectivity index (χ3v) is 3.04. The molecule has 1 saturated carbocycles. The van der Waals surface area contributed by atoms with E-state index in [0.717, 1.165) is 12.5 Å². The predicted octanol–water partition coefficient (Wildman–Crippen LogP) is 1.85. The Morgan fingerprint density at radius 3 is 2.54 bits per heavy atom. The lowest BCUT2D eigenvalue weighted by atomic mass is 9.85. The van der Waals surface area contributed by atoms with Gasteiger partial charge in [0.15, 0.2) is 0 Å². The van der Waals surface area contributed by atoms with E-state index in [1.807, 2.05) is 0 Å². The quantitative estimate of drug-likeness (QED) is 0.612. The van der Waals surface area contributed by atoms with Gasteiger partial charge in [-0.2, -0.15) is 0 Å². The lowest BCUT2D eigenvalue weighted by Gasteiger charge is -2.30. The maximum atomic E-state index is 5.44. The van der Waals surface area contributed by atoms with Crippen molar-refractivity contribution >= 4 is 0 Å². The van der Waals surface area contributed by atoms with E-state index in [1.165, 1.54) is 51.6 Å².